The van der Waals surface area contributed by atoms with E-state index in [4.69, 9.17) is 4.74 Å². The molecule has 0 spiro atoms. The van der Waals surface area contributed by atoms with Crippen molar-refractivity contribution in [3.05, 3.63) is 42.2 Å². The van der Waals surface area contributed by atoms with Gasteiger partial charge in [0.1, 0.15) is 5.69 Å². The minimum atomic E-state index is -0.890. The van der Waals surface area contributed by atoms with Gasteiger partial charge < -0.3 is 14.7 Å². The summed E-state index contributed by atoms with van der Waals surface area (Å²) in [5.74, 6) is -1.21. The molecule has 2 aromatic rings. The highest BCUT2D eigenvalue weighted by Gasteiger charge is 2.55. The van der Waals surface area contributed by atoms with Crippen LogP contribution in [0, 0.1) is 11.3 Å². The number of hydrogen-bond acceptors (Lipinski definition) is 4. The number of benzene rings is 1. The van der Waals surface area contributed by atoms with Crippen LogP contribution < -0.4 is 0 Å². The maximum absolute atomic E-state index is 13.0. The predicted octanol–water partition coefficient (Wildman–Crippen LogP) is 1.80. The van der Waals surface area contributed by atoms with Crippen molar-refractivity contribution in [3.63, 3.8) is 0 Å². The third kappa shape index (κ3) is 2.17. The smallest absolute Gasteiger partial charge is 0.311 e. The van der Waals surface area contributed by atoms with Crippen molar-refractivity contribution in [2.24, 2.45) is 11.3 Å². The number of ether oxygens (including phenoxy) is 1. The number of carbonyl (C=O) groups is 2. The molecule has 0 aliphatic carbocycles. The molecular formula is C18H18N2O4. The molecule has 2 saturated heterocycles. The average molecular weight is 326 g/mol. The van der Waals surface area contributed by atoms with Gasteiger partial charge in [-0.25, -0.2) is 0 Å². The zero-order valence-electron chi connectivity index (χ0n) is 13.1. The van der Waals surface area contributed by atoms with E-state index in [2.05, 4.69) is 4.98 Å². The Morgan fingerprint density at radius 1 is 1.29 bits per heavy atom. The van der Waals surface area contributed by atoms with Gasteiger partial charge in [0.05, 0.1) is 12.0 Å². The fourth-order valence-corrected chi connectivity index (χ4v) is 3.89. The Hall–Kier alpha value is -2.47. The van der Waals surface area contributed by atoms with E-state index in [1.165, 1.54) is 0 Å². The molecule has 2 aliphatic rings. The number of carbonyl (C=O) groups excluding carboxylic acids is 1. The van der Waals surface area contributed by atoms with Crippen molar-refractivity contribution in [2.45, 2.75) is 6.42 Å². The zero-order valence-corrected chi connectivity index (χ0v) is 13.1. The lowest BCUT2D eigenvalue weighted by atomic mass is 9.74. The minimum Gasteiger partial charge on any atom is -0.481 e. The maximum Gasteiger partial charge on any atom is 0.311 e. The molecule has 2 fully saturated rings. The standard InChI is InChI=1S/C18H18N2O4/c21-16(15-14-4-2-1-3-12(14)5-7-19-15)20-9-13-10-24-8-6-18(13,11-20)17(22)23/h1-5,7,13H,6,8-11H2,(H,22,23)/t13-,18+/m0/s1. The summed E-state index contributed by atoms with van der Waals surface area (Å²) in [4.78, 5) is 30.8. The Morgan fingerprint density at radius 2 is 2.12 bits per heavy atom. The molecule has 0 radical (unpaired) electrons. The average Bonchev–Trinajstić information content (AvgIpc) is 3.02. The molecule has 0 unspecified atom stereocenters. The van der Waals surface area contributed by atoms with Gasteiger partial charge in [-0.05, 0) is 17.9 Å². The number of aromatic nitrogens is 1. The number of amides is 1. The normalized spacial score (nSPS) is 26.3. The van der Waals surface area contributed by atoms with Crippen LogP contribution in [0.2, 0.25) is 0 Å². The fraction of sp³-hybridized carbons (Fsp3) is 0.389. The minimum absolute atomic E-state index is 0.164. The number of likely N-dealkylation sites (tertiary alicyclic amines) is 1. The van der Waals surface area contributed by atoms with E-state index in [1.807, 2.05) is 30.3 Å². The second kappa shape index (κ2) is 5.56. The van der Waals surface area contributed by atoms with Gasteiger partial charge in [-0.3, -0.25) is 14.6 Å². The number of carboxylic acid groups (broad SMARTS) is 1. The molecule has 1 amide bonds. The van der Waals surface area contributed by atoms with Crippen molar-refractivity contribution in [2.75, 3.05) is 26.3 Å². The number of aliphatic carboxylic acids is 1. The van der Waals surface area contributed by atoms with Gasteiger partial charge in [0.15, 0.2) is 0 Å². The molecule has 124 valence electrons. The third-order valence-electron chi connectivity index (χ3n) is 5.30. The first-order valence-corrected chi connectivity index (χ1v) is 8.06. The van der Waals surface area contributed by atoms with Crippen LogP contribution in [0.3, 0.4) is 0 Å². The van der Waals surface area contributed by atoms with Gasteiger partial charge in [0.2, 0.25) is 0 Å². The molecule has 1 aromatic heterocycles. The number of rotatable bonds is 2. The Balaban J connectivity index is 1.69. The first kappa shape index (κ1) is 15.1. The van der Waals surface area contributed by atoms with Crippen molar-refractivity contribution in [1.29, 1.82) is 0 Å². The quantitative estimate of drug-likeness (QED) is 0.910. The Bertz CT molecular complexity index is 816. The van der Waals surface area contributed by atoms with Crippen LogP contribution in [-0.2, 0) is 9.53 Å². The molecule has 2 atom stereocenters. The van der Waals surface area contributed by atoms with Gasteiger partial charge in [-0.15, -0.1) is 0 Å². The topological polar surface area (TPSA) is 79.7 Å². The van der Waals surface area contributed by atoms with Gasteiger partial charge in [-0.2, -0.15) is 0 Å². The van der Waals surface area contributed by atoms with E-state index in [9.17, 15) is 14.7 Å². The SMILES string of the molecule is O=C(c1nccc2ccccc12)N1C[C@H]2COCC[C@@]2(C(=O)O)C1. The number of fused-ring (bicyclic) bond motifs is 2. The first-order valence-electron chi connectivity index (χ1n) is 8.06. The Kier molecular flexibility index (Phi) is 3.49. The van der Waals surface area contributed by atoms with E-state index in [0.717, 1.165) is 10.8 Å². The molecule has 1 N–H and O–H groups in total. The van der Waals surface area contributed by atoms with E-state index in [0.29, 0.717) is 31.9 Å². The van der Waals surface area contributed by atoms with Crippen molar-refractivity contribution < 1.29 is 19.4 Å². The number of pyridine rings is 1. The summed E-state index contributed by atoms with van der Waals surface area (Å²) in [7, 11) is 0. The molecule has 6 heteroatoms. The van der Waals surface area contributed by atoms with Crippen LogP contribution in [0.25, 0.3) is 10.8 Å². The lowest BCUT2D eigenvalue weighted by Crippen LogP contribution is -2.45. The number of nitrogens with zero attached hydrogens (tertiary/aromatic N) is 2. The summed E-state index contributed by atoms with van der Waals surface area (Å²) >= 11 is 0. The first-order chi connectivity index (χ1) is 11.6. The summed E-state index contributed by atoms with van der Waals surface area (Å²) in [5.41, 5.74) is -0.508. The van der Waals surface area contributed by atoms with Gasteiger partial charge in [0.25, 0.3) is 5.91 Å². The molecule has 24 heavy (non-hydrogen) atoms. The number of carboxylic acids is 1. The van der Waals surface area contributed by atoms with Crippen LogP contribution in [0.4, 0.5) is 0 Å². The van der Waals surface area contributed by atoms with E-state index >= 15 is 0 Å². The van der Waals surface area contributed by atoms with E-state index in [1.54, 1.807) is 11.1 Å². The molecule has 1 aromatic carbocycles. The monoisotopic (exact) mass is 326 g/mol. The molecule has 2 aliphatic heterocycles. The second-order valence-corrected chi connectivity index (χ2v) is 6.55. The summed E-state index contributed by atoms with van der Waals surface area (Å²) in [6.45, 7) is 1.44. The predicted molar refractivity (Wildman–Crippen MR) is 86.6 cm³/mol. The third-order valence-corrected chi connectivity index (χ3v) is 5.30. The summed E-state index contributed by atoms with van der Waals surface area (Å²) in [6, 6.07) is 9.45. The molecule has 3 heterocycles. The zero-order chi connectivity index (χ0) is 16.7. The fourth-order valence-electron chi connectivity index (χ4n) is 3.89. The highest BCUT2D eigenvalue weighted by molar-refractivity contribution is 6.05. The lowest BCUT2D eigenvalue weighted by Gasteiger charge is -2.33. The van der Waals surface area contributed by atoms with Gasteiger partial charge >= 0.3 is 5.97 Å². The maximum atomic E-state index is 13.0. The molecule has 0 saturated carbocycles. The lowest BCUT2D eigenvalue weighted by molar-refractivity contribution is -0.157. The highest BCUT2D eigenvalue weighted by Crippen LogP contribution is 2.43. The molecular weight excluding hydrogens is 308 g/mol. The largest absolute Gasteiger partial charge is 0.481 e. The summed E-state index contributed by atoms with van der Waals surface area (Å²) in [5, 5.41) is 11.5. The molecule has 6 nitrogen and oxygen atoms in total. The summed E-state index contributed by atoms with van der Waals surface area (Å²) < 4.78 is 5.45. The van der Waals surface area contributed by atoms with Crippen LogP contribution in [0.15, 0.2) is 36.5 Å². The Labute approximate surface area is 139 Å². The van der Waals surface area contributed by atoms with E-state index < -0.39 is 11.4 Å². The molecule has 0 bridgehead atoms. The van der Waals surface area contributed by atoms with Crippen molar-refractivity contribution in [1.82, 2.24) is 9.88 Å². The van der Waals surface area contributed by atoms with Crippen molar-refractivity contribution in [3.8, 4) is 0 Å². The van der Waals surface area contributed by atoms with Crippen LogP contribution in [0.1, 0.15) is 16.9 Å². The van der Waals surface area contributed by atoms with Crippen LogP contribution >= 0.6 is 0 Å². The van der Waals surface area contributed by atoms with Crippen molar-refractivity contribution >= 4 is 22.6 Å². The van der Waals surface area contributed by atoms with Gasteiger partial charge in [-0.1, -0.05) is 24.3 Å². The highest BCUT2D eigenvalue weighted by atomic mass is 16.5. The van der Waals surface area contributed by atoms with Crippen LogP contribution in [-0.4, -0.2) is 53.2 Å². The van der Waals surface area contributed by atoms with Crippen LogP contribution in [0.5, 0.6) is 0 Å². The second-order valence-electron chi connectivity index (χ2n) is 6.55. The molecule has 4 rings (SSSR count). The Morgan fingerprint density at radius 3 is 2.92 bits per heavy atom. The van der Waals surface area contributed by atoms with Gasteiger partial charge in [0, 0.05) is 37.2 Å². The number of hydrogen-bond donors (Lipinski definition) is 1. The van der Waals surface area contributed by atoms with E-state index in [-0.39, 0.29) is 18.4 Å². The summed E-state index contributed by atoms with van der Waals surface area (Å²) in [6.07, 6.45) is 2.06.